The van der Waals surface area contributed by atoms with Crippen LogP contribution >= 0.6 is 0 Å². The molecule has 0 saturated heterocycles. The lowest BCUT2D eigenvalue weighted by atomic mass is 9.75. The van der Waals surface area contributed by atoms with Gasteiger partial charge in [-0.2, -0.15) is 0 Å². The van der Waals surface area contributed by atoms with E-state index in [0.717, 1.165) is 12.0 Å². The summed E-state index contributed by atoms with van der Waals surface area (Å²) in [6.07, 6.45) is 5.68. The van der Waals surface area contributed by atoms with Crippen LogP contribution in [0.3, 0.4) is 0 Å². The molecule has 0 fully saturated rings. The molecule has 2 aromatic carbocycles. The van der Waals surface area contributed by atoms with Crippen molar-refractivity contribution in [1.82, 2.24) is 0 Å². The first-order valence-electron chi connectivity index (χ1n) is 8.43. The van der Waals surface area contributed by atoms with Crippen LogP contribution < -0.4 is 5.32 Å². The van der Waals surface area contributed by atoms with E-state index in [1.54, 1.807) is 12.1 Å². The molecule has 1 heterocycles. The molecule has 0 unspecified atom stereocenters. The van der Waals surface area contributed by atoms with E-state index >= 15 is 0 Å². The molecule has 3 atom stereocenters. The zero-order valence-electron chi connectivity index (χ0n) is 13.9. The van der Waals surface area contributed by atoms with Crippen molar-refractivity contribution in [3.63, 3.8) is 0 Å². The van der Waals surface area contributed by atoms with Crippen molar-refractivity contribution in [1.29, 1.82) is 0 Å². The van der Waals surface area contributed by atoms with Crippen molar-refractivity contribution in [2.75, 3.05) is 5.32 Å². The van der Waals surface area contributed by atoms with Gasteiger partial charge in [-0.3, -0.25) is 0 Å². The Bertz CT molecular complexity index is 836. The van der Waals surface area contributed by atoms with E-state index in [1.807, 2.05) is 12.1 Å². The van der Waals surface area contributed by atoms with Crippen LogP contribution in [-0.4, -0.2) is 11.1 Å². The summed E-state index contributed by atoms with van der Waals surface area (Å²) in [4.78, 5) is 11.1. The summed E-state index contributed by atoms with van der Waals surface area (Å²) in [5.41, 5.74) is 6.77. The van der Waals surface area contributed by atoms with E-state index < -0.39 is 5.97 Å². The Morgan fingerprint density at radius 1 is 1.08 bits per heavy atom. The predicted molar refractivity (Wildman–Crippen MR) is 95.7 cm³/mol. The van der Waals surface area contributed by atoms with Gasteiger partial charge in [0, 0.05) is 11.6 Å². The van der Waals surface area contributed by atoms with E-state index in [4.69, 9.17) is 5.11 Å². The number of benzene rings is 2. The van der Waals surface area contributed by atoms with E-state index in [2.05, 4.69) is 43.4 Å². The minimum absolute atomic E-state index is 0.209. The first kappa shape index (κ1) is 15.0. The Morgan fingerprint density at radius 2 is 1.79 bits per heavy atom. The Morgan fingerprint density at radius 3 is 2.50 bits per heavy atom. The van der Waals surface area contributed by atoms with Gasteiger partial charge in [-0.05, 0) is 60.6 Å². The van der Waals surface area contributed by atoms with Crippen LogP contribution in [0.25, 0.3) is 0 Å². The van der Waals surface area contributed by atoms with E-state index in [0.29, 0.717) is 17.4 Å². The number of hydrogen-bond acceptors (Lipinski definition) is 2. The molecule has 0 bridgehead atoms. The lowest BCUT2D eigenvalue weighted by molar-refractivity contribution is 0.0697. The zero-order chi connectivity index (χ0) is 16.8. The number of nitrogens with one attached hydrogen (secondary N) is 1. The molecule has 0 radical (unpaired) electrons. The number of aryl methyl sites for hydroxylation is 2. The van der Waals surface area contributed by atoms with Crippen LogP contribution in [0.4, 0.5) is 5.69 Å². The number of anilines is 1. The summed E-state index contributed by atoms with van der Waals surface area (Å²) in [7, 11) is 0. The van der Waals surface area contributed by atoms with Crippen molar-refractivity contribution in [3.05, 3.63) is 76.4 Å². The van der Waals surface area contributed by atoms with Gasteiger partial charge in [-0.15, -0.1) is 0 Å². The first-order valence-corrected chi connectivity index (χ1v) is 8.43. The molecule has 2 aliphatic rings. The van der Waals surface area contributed by atoms with Gasteiger partial charge in [0.05, 0.1) is 11.6 Å². The number of carbonyl (C=O) groups is 1. The minimum Gasteiger partial charge on any atom is -0.478 e. The molecule has 122 valence electrons. The molecular formula is C21H21NO2. The third kappa shape index (κ3) is 2.23. The Kier molecular flexibility index (Phi) is 3.45. The van der Waals surface area contributed by atoms with Crippen LogP contribution in [0.5, 0.6) is 0 Å². The highest BCUT2D eigenvalue weighted by Crippen LogP contribution is 2.51. The summed E-state index contributed by atoms with van der Waals surface area (Å²) >= 11 is 0. The lowest BCUT2D eigenvalue weighted by Gasteiger charge is -2.39. The van der Waals surface area contributed by atoms with E-state index in [1.165, 1.54) is 22.4 Å². The summed E-state index contributed by atoms with van der Waals surface area (Å²) < 4.78 is 0. The van der Waals surface area contributed by atoms with E-state index in [-0.39, 0.29) is 6.04 Å². The third-order valence-electron chi connectivity index (χ3n) is 5.46. The summed E-state index contributed by atoms with van der Waals surface area (Å²) in [6.45, 7) is 4.33. The maximum atomic E-state index is 11.1. The van der Waals surface area contributed by atoms with Crippen LogP contribution in [0.1, 0.15) is 51.0 Å². The highest BCUT2D eigenvalue weighted by Gasteiger charge is 2.39. The number of hydrogen-bond donors (Lipinski definition) is 2. The second-order valence-electron chi connectivity index (χ2n) is 6.89. The third-order valence-corrected chi connectivity index (χ3v) is 5.46. The second-order valence-corrected chi connectivity index (χ2v) is 6.89. The van der Waals surface area contributed by atoms with Crippen molar-refractivity contribution >= 4 is 11.7 Å². The molecular weight excluding hydrogens is 298 g/mol. The fourth-order valence-corrected chi connectivity index (χ4v) is 4.21. The molecule has 3 nitrogen and oxygen atoms in total. The number of allylic oxidation sites excluding steroid dienone is 2. The molecule has 0 aromatic heterocycles. The topological polar surface area (TPSA) is 49.3 Å². The van der Waals surface area contributed by atoms with Crippen molar-refractivity contribution < 1.29 is 9.90 Å². The number of carboxylic acids is 1. The van der Waals surface area contributed by atoms with Gasteiger partial charge >= 0.3 is 5.97 Å². The number of rotatable bonds is 2. The number of carboxylic acid groups (broad SMARTS) is 1. The van der Waals surface area contributed by atoms with Gasteiger partial charge in [0.1, 0.15) is 0 Å². The quantitative estimate of drug-likeness (QED) is 0.780. The SMILES string of the molecule is Cc1ccc(C)c2c1N[C@H](c1ccc(C(=O)O)cc1)[C@H]1CC=C[C@H]21. The highest BCUT2D eigenvalue weighted by molar-refractivity contribution is 5.87. The second kappa shape index (κ2) is 5.52. The highest BCUT2D eigenvalue weighted by atomic mass is 16.4. The standard InChI is InChI=1S/C21H21NO2/c1-12-6-7-13(2)19-18(12)16-4-3-5-17(16)20(22-19)14-8-10-15(11-9-14)21(23)24/h3-4,6-11,16-17,20,22H,5H2,1-2H3,(H,23,24)/t16-,17-,20+/m0/s1. The van der Waals surface area contributed by atoms with Gasteiger partial charge in [0.25, 0.3) is 0 Å². The van der Waals surface area contributed by atoms with Crippen LogP contribution in [0.15, 0.2) is 48.6 Å². The smallest absolute Gasteiger partial charge is 0.335 e. The Labute approximate surface area is 142 Å². The monoisotopic (exact) mass is 319 g/mol. The zero-order valence-corrected chi connectivity index (χ0v) is 13.9. The molecule has 1 aliphatic heterocycles. The van der Waals surface area contributed by atoms with Gasteiger partial charge in [0.15, 0.2) is 0 Å². The maximum absolute atomic E-state index is 11.1. The molecule has 4 rings (SSSR count). The number of fused-ring (bicyclic) bond motifs is 3. The van der Waals surface area contributed by atoms with Gasteiger partial charge < -0.3 is 10.4 Å². The Hall–Kier alpha value is -2.55. The van der Waals surface area contributed by atoms with Crippen LogP contribution in [0.2, 0.25) is 0 Å². The largest absolute Gasteiger partial charge is 0.478 e. The van der Waals surface area contributed by atoms with Gasteiger partial charge in [-0.25, -0.2) is 4.79 Å². The van der Waals surface area contributed by atoms with Gasteiger partial charge in [0.2, 0.25) is 0 Å². The average molecular weight is 319 g/mol. The number of aromatic carboxylic acids is 1. The molecule has 2 aromatic rings. The molecule has 3 heteroatoms. The molecule has 2 N–H and O–H groups in total. The minimum atomic E-state index is -0.879. The van der Waals surface area contributed by atoms with Crippen LogP contribution in [-0.2, 0) is 0 Å². The first-order chi connectivity index (χ1) is 11.6. The van der Waals surface area contributed by atoms with Crippen molar-refractivity contribution in [2.45, 2.75) is 32.2 Å². The van der Waals surface area contributed by atoms with Crippen molar-refractivity contribution in [2.24, 2.45) is 5.92 Å². The fourth-order valence-electron chi connectivity index (χ4n) is 4.21. The van der Waals surface area contributed by atoms with Crippen LogP contribution in [0, 0.1) is 19.8 Å². The summed E-state index contributed by atoms with van der Waals surface area (Å²) in [5.74, 6) is 0.0364. The average Bonchev–Trinajstić information content (AvgIpc) is 3.07. The Balaban J connectivity index is 1.78. The maximum Gasteiger partial charge on any atom is 0.335 e. The normalized spacial score (nSPS) is 24.2. The van der Waals surface area contributed by atoms with E-state index in [9.17, 15) is 4.79 Å². The summed E-state index contributed by atoms with van der Waals surface area (Å²) in [6, 6.07) is 11.9. The molecule has 24 heavy (non-hydrogen) atoms. The lowest BCUT2D eigenvalue weighted by Crippen LogP contribution is -2.30. The molecule has 0 spiro atoms. The predicted octanol–water partition coefficient (Wildman–Crippen LogP) is 4.83. The molecule has 0 saturated carbocycles. The fraction of sp³-hybridized carbons (Fsp3) is 0.286. The molecule has 0 amide bonds. The summed E-state index contributed by atoms with van der Waals surface area (Å²) in [5, 5.41) is 12.9. The molecule has 1 aliphatic carbocycles. The van der Waals surface area contributed by atoms with Gasteiger partial charge in [-0.1, -0.05) is 36.4 Å². The van der Waals surface area contributed by atoms with Crippen molar-refractivity contribution in [3.8, 4) is 0 Å².